The average Bonchev–Trinajstić information content (AvgIpc) is 3.60. The van der Waals surface area contributed by atoms with E-state index in [1.54, 1.807) is 29.1 Å². The summed E-state index contributed by atoms with van der Waals surface area (Å²) < 4.78 is 49.9. The highest BCUT2D eigenvalue weighted by Crippen LogP contribution is 2.59. The van der Waals surface area contributed by atoms with E-state index in [-0.39, 0.29) is 43.2 Å². The van der Waals surface area contributed by atoms with Crippen LogP contribution in [0.25, 0.3) is 5.82 Å². The summed E-state index contributed by atoms with van der Waals surface area (Å²) >= 11 is 1.28. The third kappa shape index (κ3) is 9.03. The highest BCUT2D eigenvalue weighted by Gasteiger charge is 2.62. The summed E-state index contributed by atoms with van der Waals surface area (Å²) in [4.78, 5) is 21.6. The summed E-state index contributed by atoms with van der Waals surface area (Å²) in [5.41, 5.74) is -0.0161. The van der Waals surface area contributed by atoms with Crippen molar-refractivity contribution < 1.29 is 22.7 Å². The van der Waals surface area contributed by atoms with E-state index < -0.39 is 11.6 Å². The fourth-order valence-electron chi connectivity index (χ4n) is 6.24. The first-order valence-corrected chi connectivity index (χ1v) is 17.9. The van der Waals surface area contributed by atoms with Gasteiger partial charge >= 0.3 is 6.18 Å². The maximum atomic E-state index is 13.5. The molecule has 0 spiro atoms. The van der Waals surface area contributed by atoms with Crippen LogP contribution in [0.2, 0.25) is 0 Å². The van der Waals surface area contributed by atoms with Gasteiger partial charge in [-0.15, -0.1) is 5.10 Å². The van der Waals surface area contributed by atoms with Crippen LogP contribution < -0.4 is 14.4 Å². The molecule has 1 saturated heterocycles. The van der Waals surface area contributed by atoms with Gasteiger partial charge in [0.15, 0.2) is 5.82 Å². The molecule has 47 heavy (non-hydrogen) atoms. The molecule has 1 N–H and O–H groups in total. The van der Waals surface area contributed by atoms with Crippen LogP contribution in [0.1, 0.15) is 109 Å². The van der Waals surface area contributed by atoms with Gasteiger partial charge in [-0.1, -0.05) is 52.7 Å². The van der Waals surface area contributed by atoms with Crippen LogP contribution in [-0.4, -0.2) is 45.5 Å². The van der Waals surface area contributed by atoms with E-state index in [0.717, 1.165) is 43.5 Å². The second kappa shape index (κ2) is 15.8. The minimum absolute atomic E-state index is 0.0575. The Kier molecular flexibility index (Phi) is 12.3. The van der Waals surface area contributed by atoms with E-state index in [1.807, 2.05) is 26.0 Å². The van der Waals surface area contributed by atoms with Crippen molar-refractivity contribution in [3.8, 4) is 11.7 Å². The summed E-state index contributed by atoms with van der Waals surface area (Å²) in [6, 6.07) is 13.5. The Hall–Kier alpha value is -3.21. The Morgan fingerprint density at radius 2 is 1.74 bits per heavy atom. The van der Waals surface area contributed by atoms with Crippen molar-refractivity contribution in [1.82, 2.24) is 19.5 Å². The molecule has 1 atom stereocenters. The number of aryl methyl sites for hydroxylation is 1. The van der Waals surface area contributed by atoms with Crippen molar-refractivity contribution in [3.63, 3.8) is 0 Å². The Bertz CT molecular complexity index is 1450. The number of aromatic nitrogens is 3. The molecule has 0 radical (unpaired) electrons. The highest BCUT2D eigenvalue weighted by molar-refractivity contribution is 7.98. The number of nitrogens with zero attached hydrogens (tertiary/aromatic N) is 4. The summed E-state index contributed by atoms with van der Waals surface area (Å²) in [7, 11) is 0. The second-order valence-corrected chi connectivity index (χ2v) is 14.0. The standard InChI is InChI=1S/C31H36F3N5O2S.C3H8.C2H6/c1-29(2)19-22-6-4-3-5-21-7-9-23(10-8-21)42-37-28(40)24-11-12-25(35-27(24)38(29)20-22)39-17-13-26(36-39)41-18-16-30(14-15-30)31(32,33)34;1-3-2;1-2/h7-13,17,22H,3-6,14-16,18-20H2,1-2H3,(H,37,40);3H2,1-2H3;1-2H3. The normalized spacial score (nSPS) is 19.8. The van der Waals surface area contributed by atoms with Crippen LogP contribution in [0.15, 0.2) is 53.6 Å². The number of hydrogen-bond acceptors (Lipinski definition) is 6. The lowest BCUT2D eigenvalue weighted by Gasteiger charge is -2.34. The summed E-state index contributed by atoms with van der Waals surface area (Å²) in [6.07, 6.45) is 4.39. The minimum Gasteiger partial charge on any atom is -0.477 e. The molecule has 7 rings (SSSR count). The van der Waals surface area contributed by atoms with Gasteiger partial charge in [0.1, 0.15) is 5.82 Å². The number of anilines is 1. The van der Waals surface area contributed by atoms with E-state index >= 15 is 0 Å². The van der Waals surface area contributed by atoms with E-state index in [4.69, 9.17) is 9.72 Å². The number of nitrogens with one attached hydrogen (secondary N) is 1. The predicted octanol–water partition coefficient (Wildman–Crippen LogP) is 9.59. The van der Waals surface area contributed by atoms with Gasteiger partial charge in [-0.3, -0.25) is 9.52 Å². The molecule has 3 aromatic rings. The van der Waals surface area contributed by atoms with Crippen molar-refractivity contribution in [2.24, 2.45) is 11.3 Å². The van der Waals surface area contributed by atoms with E-state index in [0.29, 0.717) is 23.1 Å². The molecule has 1 aliphatic carbocycles. The largest absolute Gasteiger partial charge is 0.477 e. The predicted molar refractivity (Wildman–Crippen MR) is 183 cm³/mol. The molecule has 11 heteroatoms. The number of hydrogen-bond donors (Lipinski definition) is 1. The van der Waals surface area contributed by atoms with Crippen LogP contribution in [0.4, 0.5) is 19.0 Å². The SMILES string of the molecule is CC.CC1(C)CC2CCCCc3ccc(cc3)SNC(=O)c3ccc(-n4ccc(OCCC5(C(F)(F)F)CC5)n4)nc3N1C2.CCC. The Morgan fingerprint density at radius 1 is 1.04 bits per heavy atom. The first-order chi connectivity index (χ1) is 22.4. The Labute approximate surface area is 282 Å². The number of carbonyl (C=O) groups excluding carboxylic acids is 1. The van der Waals surface area contributed by atoms with Crippen molar-refractivity contribution in [2.75, 3.05) is 18.1 Å². The fourth-order valence-corrected chi connectivity index (χ4v) is 6.83. The van der Waals surface area contributed by atoms with Crippen molar-refractivity contribution in [2.45, 2.75) is 116 Å². The number of pyridine rings is 1. The molecule has 1 amide bonds. The van der Waals surface area contributed by atoms with Crippen LogP contribution in [0.5, 0.6) is 5.88 Å². The summed E-state index contributed by atoms with van der Waals surface area (Å²) in [5, 5.41) is 4.43. The number of alkyl halides is 3. The van der Waals surface area contributed by atoms with Gasteiger partial charge < -0.3 is 9.64 Å². The van der Waals surface area contributed by atoms with Gasteiger partial charge in [-0.25, -0.2) is 9.67 Å². The molecule has 258 valence electrons. The van der Waals surface area contributed by atoms with E-state index in [1.165, 1.54) is 23.9 Å². The van der Waals surface area contributed by atoms with Gasteiger partial charge in [0.05, 0.1) is 17.6 Å². The average molecular weight is 674 g/mol. The van der Waals surface area contributed by atoms with E-state index in [9.17, 15) is 18.0 Å². The van der Waals surface area contributed by atoms with Gasteiger partial charge in [0.2, 0.25) is 5.88 Å². The number of amides is 1. The summed E-state index contributed by atoms with van der Waals surface area (Å²) in [5.74, 6) is 1.60. The Balaban J connectivity index is 0.000000947. The van der Waals surface area contributed by atoms with Crippen LogP contribution in [0.3, 0.4) is 0 Å². The molecule has 7 nitrogen and oxygen atoms in total. The molecule has 1 unspecified atom stereocenters. The minimum atomic E-state index is -4.20. The zero-order chi connectivity index (χ0) is 34.2. The molecule has 4 aliphatic rings. The van der Waals surface area contributed by atoms with Crippen molar-refractivity contribution in [1.29, 1.82) is 0 Å². The van der Waals surface area contributed by atoms with Crippen LogP contribution in [-0.2, 0) is 6.42 Å². The third-order valence-corrected chi connectivity index (χ3v) is 9.71. The number of carbonyl (C=O) groups is 1. The monoisotopic (exact) mass is 673 g/mol. The number of benzene rings is 1. The van der Waals surface area contributed by atoms with Gasteiger partial charge in [-0.2, -0.15) is 13.2 Å². The van der Waals surface area contributed by atoms with Gasteiger partial charge in [0.25, 0.3) is 5.91 Å². The molecule has 2 aromatic heterocycles. The van der Waals surface area contributed by atoms with Gasteiger partial charge in [-0.05, 0) is 106 Å². The quantitative estimate of drug-likeness (QED) is 0.272. The number of ether oxygens (including phenoxy) is 1. The molecule has 4 bridgehead atoms. The Morgan fingerprint density at radius 3 is 2.40 bits per heavy atom. The topological polar surface area (TPSA) is 72.3 Å². The molecule has 2 fully saturated rings. The maximum Gasteiger partial charge on any atom is 0.394 e. The van der Waals surface area contributed by atoms with Crippen LogP contribution in [0, 0.1) is 11.3 Å². The second-order valence-electron chi connectivity index (χ2n) is 13.1. The van der Waals surface area contributed by atoms with Gasteiger partial charge in [0, 0.05) is 29.2 Å². The first-order valence-electron chi connectivity index (χ1n) is 17.0. The molecular formula is C36H50F3N5O2S. The number of fused-ring (bicyclic) bond motifs is 7. The maximum absolute atomic E-state index is 13.5. The molecule has 5 heterocycles. The van der Waals surface area contributed by atoms with Crippen molar-refractivity contribution in [3.05, 3.63) is 59.8 Å². The lowest BCUT2D eigenvalue weighted by Crippen LogP contribution is -2.40. The summed E-state index contributed by atoms with van der Waals surface area (Å²) in [6.45, 7) is 13.4. The zero-order valence-electron chi connectivity index (χ0n) is 28.6. The number of halogens is 3. The molecule has 1 aromatic carbocycles. The zero-order valence-corrected chi connectivity index (χ0v) is 29.4. The molecule has 3 aliphatic heterocycles. The van der Waals surface area contributed by atoms with Crippen LogP contribution >= 0.6 is 11.9 Å². The smallest absolute Gasteiger partial charge is 0.394 e. The highest BCUT2D eigenvalue weighted by atomic mass is 32.2. The third-order valence-electron chi connectivity index (χ3n) is 8.92. The lowest BCUT2D eigenvalue weighted by molar-refractivity contribution is -0.190. The fraction of sp³-hybridized carbons (Fsp3) is 0.583. The van der Waals surface area contributed by atoms with Crippen molar-refractivity contribution >= 4 is 23.7 Å². The van der Waals surface area contributed by atoms with E-state index in [2.05, 4.69) is 54.5 Å². The first kappa shape index (κ1) is 36.6. The molecule has 1 saturated carbocycles. The lowest BCUT2D eigenvalue weighted by atomic mass is 9.92. The molecular weight excluding hydrogens is 623 g/mol. The number of rotatable bonds is 5.